The van der Waals surface area contributed by atoms with Crippen LogP contribution >= 0.6 is 73.4 Å². The summed E-state index contributed by atoms with van der Waals surface area (Å²) in [5.74, 6) is 0.317. The largest absolute Gasteiger partial charge is 0.508 e. The normalized spacial score (nSPS) is 11.8. The number of nitrogen functional groups attached to an aromatic ring is 4. The minimum Gasteiger partial charge on any atom is -0.508 e. The van der Waals surface area contributed by atoms with Crippen LogP contribution in [0, 0.1) is 17.9 Å². The average molecular weight is 1730 g/mol. The van der Waals surface area contributed by atoms with E-state index in [4.69, 9.17) is 86.7 Å². The summed E-state index contributed by atoms with van der Waals surface area (Å²) in [6.07, 6.45) is 10.0. The third-order valence-electron chi connectivity index (χ3n) is 18.1. The van der Waals surface area contributed by atoms with E-state index in [1.54, 1.807) is 52.0 Å². The van der Waals surface area contributed by atoms with Crippen molar-refractivity contribution in [2.24, 2.45) is 5.73 Å². The van der Waals surface area contributed by atoms with Crippen molar-refractivity contribution >= 4 is 160 Å². The van der Waals surface area contributed by atoms with Gasteiger partial charge in [0.25, 0.3) is 17.5 Å². The zero-order valence-electron chi connectivity index (χ0n) is 64.0. The molecule has 0 saturated carbocycles. The van der Waals surface area contributed by atoms with Crippen LogP contribution < -0.4 is 55.6 Å². The summed E-state index contributed by atoms with van der Waals surface area (Å²) in [4.78, 5) is 88.5. The average Bonchev–Trinajstić information content (AvgIpc) is 1.54. The quantitative estimate of drug-likeness (QED) is 0.0355. The molecule has 0 aliphatic carbocycles. The minimum absolute atomic E-state index is 0. The van der Waals surface area contributed by atoms with Crippen molar-refractivity contribution in [3.8, 4) is 56.8 Å². The molecule has 4 atom stereocenters. The highest BCUT2D eigenvalue weighted by Gasteiger charge is 2.28. The number of rotatable bonds is 18. The van der Waals surface area contributed by atoms with E-state index < -0.39 is 11.6 Å². The lowest BCUT2D eigenvalue weighted by atomic mass is 10.0. The van der Waals surface area contributed by atoms with Crippen molar-refractivity contribution in [1.82, 2.24) is 103 Å². The van der Waals surface area contributed by atoms with Crippen molar-refractivity contribution in [3.05, 3.63) is 265 Å². The molecule has 0 saturated heterocycles. The number of amides is 2. The van der Waals surface area contributed by atoms with E-state index in [1.807, 2.05) is 155 Å². The number of hydrogen-bond acceptors (Lipinski definition) is 28. The standard InChI is InChI=1S/C21H21ClN8O.2C19H15ClN8O.C19H17ClN8O.2H2S/c1-12(27-20-17(21(31)29(2)3)19(23)25-11-26-20)14-9-16-24-10-15(22)30(16)28-18(14)13-7-5-4-6-8-13;1-10(26-19-17(22-2)18(21)24-9-25-19)13-7-15-23-8-14(20)28(15)27-16(13)11-4-3-5-12(29)6-11;1-10(24-18-13(8-21)17(22)25-19(29)26-18)12-7-15-23-9-14(20)28(15)27-16(12)11-5-3-2-4-6-11;1-10(26-19-15(18(22)29)17(21)24-9-25-19)12-7-14-23-8-13(20)28(14)27-16(12)11-5-3-2-4-6-11;;/h4-12H,1-3H3,(H3,23,25,26,27);3-10,29H,1H3,(H3,21,24,25,26);2-7,9-10H,1H3,(H4,22,24,25,26,29);2-10H,1H3,(H2,22,29)(H3,21,24,25,26);2*1H2/t12-;3*10-;;/m0000../s1. The molecule has 608 valence electrons. The van der Waals surface area contributed by atoms with E-state index in [1.165, 1.54) is 47.0 Å². The SMILES string of the molecule is C[C@H](Nc1nc(=O)[nH]c(N)c1C#N)c1cc2ncc(Cl)n2nc1-c1ccccc1.C[C@H](Nc1ncnc(N)c1C(=O)N(C)C)c1cc2ncc(Cl)n2nc1-c1ccccc1.C[C@H](Nc1ncnc(N)c1C(N)=O)c1cc2ncc(Cl)n2nc1-c1ccccc1.S.S.[C-]#[N+]c1c(N)ncnc1N[C@@H](C)c1cc2ncc(Cl)n2nc1-c1cccc(O)c1. The van der Waals surface area contributed by atoms with Crippen LogP contribution in [-0.4, -0.2) is 134 Å². The number of hydrogen-bond donors (Lipinski definition) is 11. The molecule has 0 spiro atoms. The molecule has 2 amide bonds. The maximum Gasteiger partial charge on any atom is 0.348 e. The predicted molar refractivity (Wildman–Crippen MR) is 470 cm³/mol. The molecule has 16 rings (SSSR count). The highest BCUT2D eigenvalue weighted by molar-refractivity contribution is 7.59. The highest BCUT2D eigenvalue weighted by Crippen LogP contribution is 2.38. The number of primary amides is 1. The number of aromatic amines is 1. The van der Waals surface area contributed by atoms with E-state index in [0.29, 0.717) is 77.5 Å². The van der Waals surface area contributed by atoms with Gasteiger partial charge in [0.05, 0.1) is 78.3 Å². The van der Waals surface area contributed by atoms with E-state index >= 15 is 0 Å². The van der Waals surface area contributed by atoms with Crippen molar-refractivity contribution in [1.29, 1.82) is 5.26 Å². The van der Waals surface area contributed by atoms with Gasteiger partial charge in [0, 0.05) is 58.6 Å². The molecule has 12 heterocycles. The maximum absolute atomic E-state index is 12.7. The first-order valence-corrected chi connectivity index (χ1v) is 37.0. The first-order chi connectivity index (χ1) is 56.8. The number of nitrogens with one attached hydrogen (secondary N) is 5. The number of H-pyrrole nitrogens is 1. The molecule has 0 aliphatic rings. The number of nitrogens with zero attached hydrogens (tertiary/aromatic N) is 22. The van der Waals surface area contributed by atoms with Crippen LogP contribution in [0.15, 0.2) is 188 Å². The summed E-state index contributed by atoms with van der Waals surface area (Å²) in [7, 11) is 3.30. The molecular formula is C78H72Cl4N32O4S2. The monoisotopic (exact) mass is 1720 g/mol. The van der Waals surface area contributed by atoms with Crippen molar-refractivity contribution < 1.29 is 14.7 Å². The first kappa shape index (κ1) is 86.3. The Labute approximate surface area is 716 Å². The molecule has 16 N–H and O–H groups in total. The number of halogens is 4. The van der Waals surface area contributed by atoms with Gasteiger partial charge in [-0.1, -0.05) is 150 Å². The second-order valence-corrected chi connectivity index (χ2v) is 27.7. The van der Waals surface area contributed by atoms with Gasteiger partial charge in [0.1, 0.15) is 88.2 Å². The third-order valence-corrected chi connectivity index (χ3v) is 19.1. The van der Waals surface area contributed by atoms with Crippen LogP contribution in [0.1, 0.15) is 100 Å². The number of anilines is 8. The van der Waals surface area contributed by atoms with Gasteiger partial charge in [-0.05, 0) is 64.1 Å². The van der Waals surface area contributed by atoms with E-state index in [9.17, 15) is 24.8 Å². The summed E-state index contributed by atoms with van der Waals surface area (Å²) in [5, 5.41) is 52.3. The fraction of sp³-hybridized carbons (Fsp3) is 0.128. The van der Waals surface area contributed by atoms with Crippen LogP contribution in [0.5, 0.6) is 5.75 Å². The number of imidazole rings is 4. The van der Waals surface area contributed by atoms with Gasteiger partial charge < -0.3 is 59.9 Å². The molecule has 0 bridgehead atoms. The zero-order valence-corrected chi connectivity index (χ0v) is 69.1. The second kappa shape index (κ2) is 37.6. The van der Waals surface area contributed by atoms with Crippen molar-refractivity contribution in [2.45, 2.75) is 51.9 Å². The second-order valence-electron chi connectivity index (χ2n) is 26.2. The highest BCUT2D eigenvalue weighted by atomic mass is 35.5. The summed E-state index contributed by atoms with van der Waals surface area (Å²) >= 11 is 24.8. The van der Waals surface area contributed by atoms with Crippen LogP contribution in [0.4, 0.5) is 52.2 Å². The molecule has 16 aromatic rings. The Morgan fingerprint density at radius 3 is 1.20 bits per heavy atom. The van der Waals surface area contributed by atoms with Gasteiger partial charge in [0.2, 0.25) is 0 Å². The summed E-state index contributed by atoms with van der Waals surface area (Å²) < 4.78 is 6.22. The summed E-state index contributed by atoms with van der Waals surface area (Å²) in [6, 6.07) is 43.9. The Balaban J connectivity index is 0.000000156. The number of fused-ring (bicyclic) bond motifs is 4. The molecule has 0 aliphatic heterocycles. The number of aromatic hydroxyl groups is 1. The van der Waals surface area contributed by atoms with Crippen molar-refractivity contribution in [2.75, 3.05) is 58.3 Å². The van der Waals surface area contributed by atoms with Gasteiger partial charge in [-0.3, -0.25) is 14.6 Å². The number of aromatic nitrogens is 20. The zero-order chi connectivity index (χ0) is 83.8. The Kier molecular flexibility index (Phi) is 27.0. The summed E-state index contributed by atoms with van der Waals surface area (Å²) in [5.41, 5.74) is 40.3. The number of phenols is 1. The molecule has 36 nitrogen and oxygen atoms in total. The van der Waals surface area contributed by atoms with Gasteiger partial charge in [-0.25, -0.2) is 77.5 Å². The number of nitriles is 1. The lowest BCUT2D eigenvalue weighted by Gasteiger charge is -2.21. The fourth-order valence-corrected chi connectivity index (χ4v) is 13.1. The first-order valence-electron chi connectivity index (χ1n) is 35.5. The number of carbonyl (C=O) groups is 2. The lowest BCUT2D eigenvalue weighted by Crippen LogP contribution is -2.25. The van der Waals surface area contributed by atoms with E-state index in [-0.39, 0.29) is 120 Å². The molecule has 12 aromatic heterocycles. The molecule has 0 fully saturated rings. The number of benzene rings is 4. The van der Waals surface area contributed by atoms with E-state index in [0.717, 1.165) is 44.6 Å². The Morgan fingerprint density at radius 2 is 0.833 bits per heavy atom. The molecular weight excluding hydrogens is 1660 g/mol. The molecule has 4 aromatic carbocycles. The smallest absolute Gasteiger partial charge is 0.348 e. The van der Waals surface area contributed by atoms with Crippen LogP contribution in [-0.2, 0) is 0 Å². The number of phenolic OH excluding ortho intramolecular Hbond substituents is 1. The van der Waals surface area contributed by atoms with Crippen LogP contribution in [0.25, 0.3) is 72.5 Å². The molecule has 120 heavy (non-hydrogen) atoms. The summed E-state index contributed by atoms with van der Waals surface area (Å²) in [6.45, 7) is 15.0. The Morgan fingerprint density at radius 1 is 0.492 bits per heavy atom. The lowest BCUT2D eigenvalue weighted by molar-refractivity contribution is 0.0828. The van der Waals surface area contributed by atoms with Crippen LogP contribution in [0.3, 0.4) is 0 Å². The molecule has 42 heteroatoms. The van der Waals surface area contributed by atoms with Crippen LogP contribution in [0.2, 0.25) is 20.6 Å². The van der Waals surface area contributed by atoms with Gasteiger partial charge >= 0.3 is 5.69 Å². The number of nitrogens with two attached hydrogens (primary N) is 5. The molecule has 0 unspecified atom stereocenters. The predicted octanol–water partition coefficient (Wildman–Crippen LogP) is 12.8. The van der Waals surface area contributed by atoms with Crippen molar-refractivity contribution in [3.63, 3.8) is 0 Å². The number of carbonyl (C=O) groups excluding carboxylic acids is 2. The van der Waals surface area contributed by atoms with Gasteiger partial charge in [-0.2, -0.15) is 57.6 Å². The Bertz CT molecular complexity index is 6630. The minimum atomic E-state index is -0.713. The van der Waals surface area contributed by atoms with Gasteiger partial charge in [0.15, 0.2) is 49.0 Å². The fourth-order valence-electron chi connectivity index (χ4n) is 12.4. The molecule has 0 radical (unpaired) electrons. The van der Waals surface area contributed by atoms with E-state index in [2.05, 4.69) is 101 Å². The third kappa shape index (κ3) is 18.6. The maximum atomic E-state index is 12.7. The van der Waals surface area contributed by atoms with Gasteiger partial charge in [-0.15, -0.1) is 0 Å². The Hall–Kier alpha value is -14.5. The topological polar surface area (TPSA) is 508 Å².